The number of benzene rings is 2. The number of nitrogens with two attached hydrogens (primary N) is 1. The van der Waals surface area contributed by atoms with Gasteiger partial charge in [0, 0.05) is 5.56 Å². The van der Waals surface area contributed by atoms with Crippen LogP contribution in [0.2, 0.25) is 0 Å². The number of rotatable bonds is 5. The highest BCUT2D eigenvalue weighted by atomic mass is 32.2. The van der Waals surface area contributed by atoms with E-state index in [0.29, 0.717) is 5.56 Å². The number of carbonyl (C=O) groups excluding carboxylic acids is 1. The Hall–Kier alpha value is -2.47. The average Bonchev–Trinajstić information content (AvgIpc) is 2.47. The van der Waals surface area contributed by atoms with Crippen molar-refractivity contribution in [3.8, 4) is 0 Å². The molecule has 21 heavy (non-hydrogen) atoms. The minimum atomic E-state index is -1.48. The zero-order valence-electron chi connectivity index (χ0n) is 11.0. The Balaban J connectivity index is 2.22. The highest BCUT2D eigenvalue weighted by Gasteiger charge is 2.15. The number of primary amides is 1. The van der Waals surface area contributed by atoms with Gasteiger partial charge in [-0.3, -0.25) is 9.00 Å². The summed E-state index contributed by atoms with van der Waals surface area (Å²) in [6.45, 7) is 0. The molecule has 108 valence electrons. The van der Waals surface area contributed by atoms with Crippen molar-refractivity contribution in [2.24, 2.45) is 5.73 Å². The topological polar surface area (TPSA) is 97.5 Å². The largest absolute Gasteiger partial charge is 0.478 e. The Bertz CT molecular complexity index is 710. The third kappa shape index (κ3) is 3.55. The molecule has 0 spiro atoms. The van der Waals surface area contributed by atoms with Crippen molar-refractivity contribution in [1.82, 2.24) is 0 Å². The van der Waals surface area contributed by atoms with E-state index in [0.717, 1.165) is 5.56 Å². The smallest absolute Gasteiger partial charge is 0.336 e. The molecule has 0 heterocycles. The molecule has 0 saturated heterocycles. The first-order chi connectivity index (χ1) is 9.99. The molecule has 2 aromatic rings. The maximum atomic E-state index is 12.3. The van der Waals surface area contributed by atoms with Crippen LogP contribution in [0.25, 0.3) is 0 Å². The quantitative estimate of drug-likeness (QED) is 0.880. The number of carboxylic acids is 1. The van der Waals surface area contributed by atoms with E-state index in [1.807, 2.05) is 0 Å². The zero-order chi connectivity index (χ0) is 15.4. The van der Waals surface area contributed by atoms with Crippen molar-refractivity contribution in [3.05, 3.63) is 65.2 Å². The van der Waals surface area contributed by atoms with E-state index >= 15 is 0 Å². The maximum Gasteiger partial charge on any atom is 0.336 e. The summed E-state index contributed by atoms with van der Waals surface area (Å²) in [5, 5.41) is 9.09. The Kier molecular flexibility index (Phi) is 4.49. The number of amides is 1. The fraction of sp³-hybridized carbons (Fsp3) is 0.0667. The summed E-state index contributed by atoms with van der Waals surface area (Å²) in [6.07, 6.45) is 0. The summed E-state index contributed by atoms with van der Waals surface area (Å²) in [5.41, 5.74) is 6.28. The lowest BCUT2D eigenvalue weighted by Gasteiger charge is -2.06. The Labute approximate surface area is 123 Å². The van der Waals surface area contributed by atoms with Gasteiger partial charge in [-0.1, -0.05) is 24.3 Å². The summed E-state index contributed by atoms with van der Waals surface area (Å²) in [4.78, 5) is 22.4. The monoisotopic (exact) mass is 303 g/mol. The van der Waals surface area contributed by atoms with Crippen molar-refractivity contribution in [1.29, 1.82) is 0 Å². The number of hydrogen-bond acceptors (Lipinski definition) is 3. The lowest BCUT2D eigenvalue weighted by atomic mass is 10.1. The van der Waals surface area contributed by atoms with Gasteiger partial charge in [0.25, 0.3) is 0 Å². The standard InChI is InChI=1S/C15H13NO4S/c16-14(17)11-7-5-10(6-8-11)9-21(20)13-4-2-1-3-12(13)15(18)19/h1-8H,9H2,(H2,16,17)(H,18,19). The van der Waals surface area contributed by atoms with Crippen LogP contribution in [0, 0.1) is 0 Å². The average molecular weight is 303 g/mol. The molecule has 0 radical (unpaired) electrons. The van der Waals surface area contributed by atoms with E-state index < -0.39 is 22.7 Å². The van der Waals surface area contributed by atoms with Gasteiger partial charge in [0.1, 0.15) is 0 Å². The molecule has 0 saturated carbocycles. The van der Waals surface area contributed by atoms with Crippen LogP contribution < -0.4 is 5.73 Å². The van der Waals surface area contributed by atoms with Gasteiger partial charge in [-0.15, -0.1) is 0 Å². The second kappa shape index (κ2) is 6.32. The molecule has 0 aliphatic carbocycles. The molecule has 6 heteroatoms. The molecule has 0 fully saturated rings. The van der Waals surface area contributed by atoms with E-state index in [9.17, 15) is 13.8 Å². The predicted molar refractivity (Wildman–Crippen MR) is 78.5 cm³/mol. The molecule has 0 aromatic heterocycles. The van der Waals surface area contributed by atoms with Crippen molar-refractivity contribution in [2.45, 2.75) is 10.6 Å². The molecule has 2 aromatic carbocycles. The first kappa shape index (κ1) is 14.9. The number of carboxylic acid groups (broad SMARTS) is 1. The van der Waals surface area contributed by atoms with Gasteiger partial charge in [-0.25, -0.2) is 4.79 Å². The molecule has 0 aliphatic heterocycles. The highest BCUT2D eigenvalue weighted by Crippen LogP contribution is 2.17. The first-order valence-corrected chi connectivity index (χ1v) is 7.40. The first-order valence-electron chi connectivity index (χ1n) is 6.08. The van der Waals surface area contributed by atoms with Crippen LogP contribution >= 0.6 is 0 Å². The van der Waals surface area contributed by atoms with Crippen molar-refractivity contribution in [3.63, 3.8) is 0 Å². The summed E-state index contributed by atoms with van der Waals surface area (Å²) < 4.78 is 12.3. The minimum absolute atomic E-state index is 0.0320. The van der Waals surface area contributed by atoms with Gasteiger partial charge in [-0.05, 0) is 29.8 Å². The van der Waals surface area contributed by atoms with Crippen LogP contribution in [0.3, 0.4) is 0 Å². The molecule has 1 amide bonds. The minimum Gasteiger partial charge on any atom is -0.478 e. The SMILES string of the molecule is NC(=O)c1ccc(CS(=O)c2ccccc2C(=O)O)cc1. The molecule has 0 bridgehead atoms. The summed E-state index contributed by atoms with van der Waals surface area (Å²) in [6, 6.07) is 12.6. The Morgan fingerprint density at radius 1 is 1.05 bits per heavy atom. The van der Waals surface area contributed by atoms with Crippen molar-refractivity contribution < 1.29 is 18.9 Å². The fourth-order valence-corrected chi connectivity index (χ4v) is 3.12. The molecule has 5 nitrogen and oxygen atoms in total. The van der Waals surface area contributed by atoms with Crippen LogP contribution in [-0.2, 0) is 16.6 Å². The Morgan fingerprint density at radius 2 is 1.67 bits per heavy atom. The molecule has 3 N–H and O–H groups in total. The highest BCUT2D eigenvalue weighted by molar-refractivity contribution is 7.84. The summed E-state index contributed by atoms with van der Waals surface area (Å²) >= 11 is 0. The molecule has 1 atom stereocenters. The van der Waals surface area contributed by atoms with E-state index in [4.69, 9.17) is 10.8 Å². The van der Waals surface area contributed by atoms with Crippen LogP contribution in [0.15, 0.2) is 53.4 Å². The van der Waals surface area contributed by atoms with E-state index in [-0.39, 0.29) is 16.2 Å². The second-order valence-corrected chi connectivity index (χ2v) is 5.77. The van der Waals surface area contributed by atoms with Gasteiger partial charge in [0.05, 0.1) is 27.0 Å². The fourth-order valence-electron chi connectivity index (χ4n) is 1.84. The summed E-state index contributed by atoms with van der Waals surface area (Å²) in [7, 11) is -1.48. The lowest BCUT2D eigenvalue weighted by Crippen LogP contribution is -2.10. The maximum absolute atomic E-state index is 12.3. The van der Waals surface area contributed by atoms with Gasteiger partial charge < -0.3 is 10.8 Å². The van der Waals surface area contributed by atoms with Crippen LogP contribution in [0.5, 0.6) is 0 Å². The molecular formula is C15H13NO4S. The molecule has 0 aliphatic rings. The third-order valence-corrected chi connectivity index (χ3v) is 4.34. The number of aromatic carboxylic acids is 1. The van der Waals surface area contributed by atoms with Crippen molar-refractivity contribution in [2.75, 3.05) is 0 Å². The van der Waals surface area contributed by atoms with E-state index in [1.165, 1.54) is 12.1 Å². The Morgan fingerprint density at radius 3 is 2.24 bits per heavy atom. The molecular weight excluding hydrogens is 290 g/mol. The van der Waals surface area contributed by atoms with E-state index in [2.05, 4.69) is 0 Å². The van der Waals surface area contributed by atoms with Gasteiger partial charge >= 0.3 is 5.97 Å². The van der Waals surface area contributed by atoms with Crippen LogP contribution in [0.1, 0.15) is 26.3 Å². The summed E-state index contributed by atoms with van der Waals surface area (Å²) in [5.74, 6) is -1.47. The van der Waals surface area contributed by atoms with E-state index in [1.54, 1.807) is 36.4 Å². The predicted octanol–water partition coefficient (Wildman–Crippen LogP) is 1.79. The van der Waals surface area contributed by atoms with Gasteiger partial charge in [-0.2, -0.15) is 0 Å². The van der Waals surface area contributed by atoms with Crippen LogP contribution in [0.4, 0.5) is 0 Å². The van der Waals surface area contributed by atoms with Gasteiger partial charge in [0.15, 0.2) is 0 Å². The number of hydrogen-bond donors (Lipinski definition) is 2. The van der Waals surface area contributed by atoms with Gasteiger partial charge in [0.2, 0.25) is 5.91 Å². The molecule has 1 unspecified atom stereocenters. The second-order valence-electron chi connectivity index (χ2n) is 4.35. The molecule has 2 rings (SSSR count). The number of carbonyl (C=O) groups is 2. The van der Waals surface area contributed by atoms with Crippen LogP contribution in [-0.4, -0.2) is 21.2 Å². The van der Waals surface area contributed by atoms with Crippen molar-refractivity contribution >= 4 is 22.7 Å². The zero-order valence-corrected chi connectivity index (χ0v) is 11.8. The lowest BCUT2D eigenvalue weighted by molar-refractivity contribution is 0.0692. The normalized spacial score (nSPS) is 11.8. The third-order valence-electron chi connectivity index (χ3n) is 2.90.